The van der Waals surface area contributed by atoms with Gasteiger partial charge in [-0.3, -0.25) is 0 Å². The highest BCUT2D eigenvalue weighted by Crippen LogP contribution is 2.01. The fourth-order valence-corrected chi connectivity index (χ4v) is 1.24. The molecule has 0 aromatic carbocycles. The van der Waals surface area contributed by atoms with Gasteiger partial charge < -0.3 is 15.0 Å². The maximum Gasteiger partial charge on any atom is 0.174 e. The van der Waals surface area contributed by atoms with Crippen molar-refractivity contribution in [2.75, 3.05) is 0 Å². The summed E-state index contributed by atoms with van der Waals surface area (Å²) in [6, 6.07) is 0. The predicted molar refractivity (Wildman–Crippen MR) is 47.4 cm³/mol. The van der Waals surface area contributed by atoms with Crippen LogP contribution in [0.4, 0.5) is 0 Å². The van der Waals surface area contributed by atoms with E-state index >= 15 is 0 Å². The standard InChI is InChI=1S/C7H8N4S/c12-7-9-3-6(11-7)1-5-2-8-4-10-5/h2-4H,1H2,(H,8,10)(H2,9,11,12). The molecule has 0 aliphatic heterocycles. The first-order valence-corrected chi connectivity index (χ1v) is 3.99. The molecule has 0 saturated carbocycles. The highest BCUT2D eigenvalue weighted by molar-refractivity contribution is 7.71. The van der Waals surface area contributed by atoms with Gasteiger partial charge in [0.25, 0.3) is 0 Å². The predicted octanol–water partition coefficient (Wildman–Crippen LogP) is 1.39. The molecule has 0 spiro atoms. The second-order valence-electron chi connectivity index (χ2n) is 2.51. The molecule has 0 unspecified atom stereocenters. The Kier molecular flexibility index (Phi) is 1.79. The number of rotatable bonds is 2. The molecule has 0 bridgehead atoms. The third-order valence-electron chi connectivity index (χ3n) is 1.58. The normalized spacial score (nSPS) is 10.3. The summed E-state index contributed by atoms with van der Waals surface area (Å²) in [5.74, 6) is 0. The van der Waals surface area contributed by atoms with Crippen molar-refractivity contribution in [1.82, 2.24) is 19.9 Å². The molecule has 2 rings (SSSR count). The quantitative estimate of drug-likeness (QED) is 0.611. The van der Waals surface area contributed by atoms with Crippen molar-refractivity contribution < 1.29 is 0 Å². The SMILES string of the molecule is S=c1[nH]cc(Cc2c[nH]cn2)[nH]1. The molecule has 12 heavy (non-hydrogen) atoms. The summed E-state index contributed by atoms with van der Waals surface area (Å²) in [6.45, 7) is 0. The lowest BCUT2D eigenvalue weighted by atomic mass is 10.3. The minimum absolute atomic E-state index is 0.653. The number of aromatic amines is 3. The average molecular weight is 180 g/mol. The third kappa shape index (κ3) is 1.45. The van der Waals surface area contributed by atoms with E-state index in [1.807, 2.05) is 12.4 Å². The van der Waals surface area contributed by atoms with Crippen molar-refractivity contribution in [2.24, 2.45) is 0 Å². The zero-order valence-corrected chi connectivity index (χ0v) is 7.11. The zero-order chi connectivity index (χ0) is 8.39. The molecule has 2 aromatic rings. The molecule has 0 amide bonds. The first-order valence-electron chi connectivity index (χ1n) is 3.59. The average Bonchev–Trinajstić information content (AvgIpc) is 2.63. The molecule has 5 heteroatoms. The molecule has 62 valence electrons. The van der Waals surface area contributed by atoms with Crippen LogP contribution in [-0.2, 0) is 6.42 Å². The summed E-state index contributed by atoms with van der Waals surface area (Å²) in [5, 5.41) is 0. The van der Waals surface area contributed by atoms with Gasteiger partial charge in [0.2, 0.25) is 0 Å². The van der Waals surface area contributed by atoms with Gasteiger partial charge in [0.1, 0.15) is 0 Å². The van der Waals surface area contributed by atoms with Crippen LogP contribution in [0.1, 0.15) is 11.4 Å². The Hall–Kier alpha value is -1.36. The molecule has 0 aliphatic rings. The second kappa shape index (κ2) is 2.94. The van der Waals surface area contributed by atoms with Gasteiger partial charge in [0.05, 0.1) is 12.0 Å². The van der Waals surface area contributed by atoms with E-state index in [9.17, 15) is 0 Å². The van der Waals surface area contributed by atoms with Crippen LogP contribution < -0.4 is 0 Å². The van der Waals surface area contributed by atoms with Crippen LogP contribution in [-0.4, -0.2) is 19.9 Å². The Morgan fingerprint density at radius 1 is 1.42 bits per heavy atom. The molecule has 3 N–H and O–H groups in total. The molecule has 4 nitrogen and oxygen atoms in total. The first-order chi connectivity index (χ1) is 5.84. The Morgan fingerprint density at radius 3 is 2.92 bits per heavy atom. The molecule has 0 saturated heterocycles. The highest BCUT2D eigenvalue weighted by Gasteiger charge is 1.97. The topological polar surface area (TPSA) is 60.3 Å². The Morgan fingerprint density at radius 2 is 2.33 bits per heavy atom. The van der Waals surface area contributed by atoms with Gasteiger partial charge in [-0.2, -0.15) is 0 Å². The second-order valence-corrected chi connectivity index (χ2v) is 2.91. The van der Waals surface area contributed by atoms with E-state index in [4.69, 9.17) is 12.2 Å². The van der Waals surface area contributed by atoms with E-state index in [1.165, 1.54) is 0 Å². The molecular formula is C7H8N4S. The fraction of sp³-hybridized carbons (Fsp3) is 0.143. The lowest BCUT2D eigenvalue weighted by molar-refractivity contribution is 1.05. The minimum Gasteiger partial charge on any atom is -0.351 e. The van der Waals surface area contributed by atoms with Crippen LogP contribution in [0.2, 0.25) is 0 Å². The summed E-state index contributed by atoms with van der Waals surface area (Å²) >= 11 is 4.89. The van der Waals surface area contributed by atoms with Crippen LogP contribution in [0, 0.1) is 4.77 Å². The Balaban J connectivity index is 2.19. The Bertz CT molecular complexity index is 397. The van der Waals surface area contributed by atoms with E-state index in [1.54, 1.807) is 6.33 Å². The van der Waals surface area contributed by atoms with E-state index < -0.39 is 0 Å². The van der Waals surface area contributed by atoms with Crippen molar-refractivity contribution in [3.8, 4) is 0 Å². The maximum atomic E-state index is 4.89. The third-order valence-corrected chi connectivity index (χ3v) is 1.80. The Labute approximate surface area is 74.1 Å². The minimum atomic E-state index is 0.653. The number of nitrogens with zero attached hydrogens (tertiary/aromatic N) is 1. The number of nitrogens with one attached hydrogen (secondary N) is 3. The highest BCUT2D eigenvalue weighted by atomic mass is 32.1. The van der Waals surface area contributed by atoms with E-state index in [0.717, 1.165) is 17.8 Å². The molecule has 2 heterocycles. The van der Waals surface area contributed by atoms with Gasteiger partial charge in [-0.25, -0.2) is 4.98 Å². The van der Waals surface area contributed by atoms with Crippen molar-refractivity contribution in [2.45, 2.75) is 6.42 Å². The zero-order valence-electron chi connectivity index (χ0n) is 6.29. The van der Waals surface area contributed by atoms with Crippen LogP contribution >= 0.6 is 12.2 Å². The number of aromatic nitrogens is 4. The summed E-state index contributed by atoms with van der Waals surface area (Å²) in [4.78, 5) is 12.9. The summed E-state index contributed by atoms with van der Waals surface area (Å²) < 4.78 is 0.653. The van der Waals surface area contributed by atoms with Gasteiger partial charge >= 0.3 is 0 Å². The van der Waals surface area contributed by atoms with Gasteiger partial charge in [-0.1, -0.05) is 0 Å². The number of imidazole rings is 2. The van der Waals surface area contributed by atoms with E-state index in [2.05, 4.69) is 19.9 Å². The fourth-order valence-electron chi connectivity index (χ4n) is 1.05. The van der Waals surface area contributed by atoms with Crippen molar-refractivity contribution in [3.05, 3.63) is 34.9 Å². The van der Waals surface area contributed by atoms with Gasteiger partial charge in [0, 0.05) is 24.5 Å². The van der Waals surface area contributed by atoms with Crippen molar-refractivity contribution in [3.63, 3.8) is 0 Å². The molecule has 0 fully saturated rings. The first kappa shape index (κ1) is 7.30. The molecule has 2 aromatic heterocycles. The number of hydrogen-bond donors (Lipinski definition) is 3. The van der Waals surface area contributed by atoms with Crippen molar-refractivity contribution >= 4 is 12.2 Å². The monoisotopic (exact) mass is 180 g/mol. The number of H-pyrrole nitrogens is 3. The van der Waals surface area contributed by atoms with Crippen LogP contribution in [0.5, 0.6) is 0 Å². The van der Waals surface area contributed by atoms with Gasteiger partial charge in [-0.15, -0.1) is 0 Å². The van der Waals surface area contributed by atoms with E-state index in [0.29, 0.717) is 4.77 Å². The van der Waals surface area contributed by atoms with Gasteiger partial charge in [-0.05, 0) is 12.2 Å². The summed E-state index contributed by atoms with van der Waals surface area (Å²) in [6.07, 6.45) is 6.16. The number of hydrogen-bond acceptors (Lipinski definition) is 2. The smallest absolute Gasteiger partial charge is 0.174 e. The lowest BCUT2D eigenvalue weighted by Crippen LogP contribution is -1.87. The van der Waals surface area contributed by atoms with Crippen molar-refractivity contribution in [1.29, 1.82) is 0 Å². The molecule has 0 radical (unpaired) electrons. The maximum absolute atomic E-state index is 4.89. The lowest BCUT2D eigenvalue weighted by Gasteiger charge is -1.89. The largest absolute Gasteiger partial charge is 0.351 e. The van der Waals surface area contributed by atoms with E-state index in [-0.39, 0.29) is 0 Å². The molecule has 0 atom stereocenters. The van der Waals surface area contributed by atoms with Crippen LogP contribution in [0.15, 0.2) is 18.7 Å². The van der Waals surface area contributed by atoms with Crippen LogP contribution in [0.3, 0.4) is 0 Å². The molecular weight excluding hydrogens is 172 g/mol. The summed E-state index contributed by atoms with van der Waals surface area (Å²) in [7, 11) is 0. The summed E-state index contributed by atoms with van der Waals surface area (Å²) in [5.41, 5.74) is 2.05. The molecule has 0 aliphatic carbocycles. The van der Waals surface area contributed by atoms with Gasteiger partial charge in [0.15, 0.2) is 4.77 Å². The van der Waals surface area contributed by atoms with Crippen LogP contribution in [0.25, 0.3) is 0 Å².